The first-order valence-corrected chi connectivity index (χ1v) is 13.5. The molecule has 0 unspecified atom stereocenters. The van der Waals surface area contributed by atoms with Crippen molar-refractivity contribution in [1.29, 1.82) is 0 Å². The number of fused-ring (bicyclic) bond motifs is 1. The number of hydrogen-bond donors (Lipinski definition) is 1. The summed E-state index contributed by atoms with van der Waals surface area (Å²) in [6, 6.07) is 10.2. The van der Waals surface area contributed by atoms with Gasteiger partial charge in [-0.2, -0.15) is 5.10 Å². The van der Waals surface area contributed by atoms with Crippen LogP contribution in [-0.4, -0.2) is 50.6 Å². The van der Waals surface area contributed by atoms with Gasteiger partial charge < -0.3 is 10.2 Å². The molecule has 1 N–H and O–H groups in total. The van der Waals surface area contributed by atoms with Gasteiger partial charge >= 0.3 is 0 Å². The van der Waals surface area contributed by atoms with Gasteiger partial charge in [-0.05, 0) is 63.5 Å². The number of piperidine rings is 1. The Bertz CT molecular complexity index is 1310. The van der Waals surface area contributed by atoms with Gasteiger partial charge in [-0.15, -0.1) is 11.3 Å². The van der Waals surface area contributed by atoms with Crippen LogP contribution < -0.4 is 5.32 Å². The van der Waals surface area contributed by atoms with Crippen molar-refractivity contribution in [2.75, 3.05) is 13.1 Å². The van der Waals surface area contributed by atoms with Gasteiger partial charge in [-0.25, -0.2) is 4.98 Å². The lowest BCUT2D eigenvalue weighted by Gasteiger charge is -2.27. The normalized spacial score (nSPS) is 22.8. The van der Waals surface area contributed by atoms with E-state index in [9.17, 15) is 9.59 Å². The molecule has 2 aliphatic carbocycles. The first-order valence-electron chi connectivity index (χ1n) is 12.6. The van der Waals surface area contributed by atoms with E-state index in [1.54, 1.807) is 16.0 Å². The van der Waals surface area contributed by atoms with E-state index in [1.165, 1.54) is 5.56 Å². The minimum absolute atomic E-state index is 0.00514. The van der Waals surface area contributed by atoms with Gasteiger partial charge in [-0.3, -0.25) is 14.3 Å². The summed E-state index contributed by atoms with van der Waals surface area (Å²) in [4.78, 5) is 34.7. The third-order valence-corrected chi connectivity index (χ3v) is 8.79. The van der Waals surface area contributed by atoms with Gasteiger partial charge in [0.05, 0.1) is 21.6 Å². The Kier molecular flexibility index (Phi) is 5.51. The van der Waals surface area contributed by atoms with Crippen LogP contribution in [0.4, 0.5) is 0 Å². The SMILES string of the molecule is CCn1nc(C)cc1C(=O)NC[C@@H]1[C@H]2C[C@H]2CN1C(=O)c1nc(C2CC2)sc1-c1cccc(C)c1. The smallest absolute Gasteiger partial charge is 0.274 e. The fourth-order valence-electron chi connectivity index (χ4n) is 5.43. The van der Waals surface area contributed by atoms with E-state index in [1.807, 2.05) is 30.9 Å². The van der Waals surface area contributed by atoms with E-state index in [-0.39, 0.29) is 17.9 Å². The molecule has 2 saturated carbocycles. The zero-order valence-electron chi connectivity index (χ0n) is 20.5. The summed E-state index contributed by atoms with van der Waals surface area (Å²) in [6.45, 7) is 7.80. The van der Waals surface area contributed by atoms with Crippen molar-refractivity contribution in [2.45, 2.75) is 58.5 Å². The van der Waals surface area contributed by atoms with Crippen LogP contribution in [0.1, 0.15) is 69.3 Å². The van der Waals surface area contributed by atoms with Crippen LogP contribution in [0, 0.1) is 25.7 Å². The number of likely N-dealkylation sites (tertiary alicyclic amines) is 1. The fraction of sp³-hybridized carbons (Fsp3) is 0.481. The molecule has 1 aromatic carbocycles. The molecular formula is C27H31N5O2S. The maximum Gasteiger partial charge on any atom is 0.274 e. The number of amides is 2. The molecule has 182 valence electrons. The largest absolute Gasteiger partial charge is 0.349 e. The van der Waals surface area contributed by atoms with Gasteiger partial charge in [-0.1, -0.05) is 29.8 Å². The predicted octanol–water partition coefficient (Wildman–Crippen LogP) is 4.41. The van der Waals surface area contributed by atoms with E-state index in [2.05, 4.69) is 35.5 Å². The Balaban J connectivity index is 1.24. The minimum atomic E-state index is -0.130. The maximum atomic E-state index is 13.9. The van der Waals surface area contributed by atoms with Gasteiger partial charge in [0.15, 0.2) is 0 Å². The van der Waals surface area contributed by atoms with Gasteiger partial charge in [0, 0.05) is 25.6 Å². The Morgan fingerprint density at radius 3 is 2.77 bits per heavy atom. The fourth-order valence-corrected chi connectivity index (χ4v) is 6.65. The molecule has 35 heavy (non-hydrogen) atoms. The van der Waals surface area contributed by atoms with Crippen molar-refractivity contribution in [3.63, 3.8) is 0 Å². The predicted molar refractivity (Wildman–Crippen MR) is 136 cm³/mol. The van der Waals surface area contributed by atoms with Crippen LogP contribution in [0.3, 0.4) is 0 Å². The van der Waals surface area contributed by atoms with Crippen molar-refractivity contribution in [3.8, 4) is 10.4 Å². The topological polar surface area (TPSA) is 80.1 Å². The summed E-state index contributed by atoms with van der Waals surface area (Å²) >= 11 is 1.68. The second-order valence-corrected chi connectivity index (χ2v) is 11.3. The summed E-state index contributed by atoms with van der Waals surface area (Å²) in [6.07, 6.45) is 3.45. The molecule has 2 amide bonds. The van der Waals surface area contributed by atoms with Crippen molar-refractivity contribution < 1.29 is 9.59 Å². The number of thiazole rings is 1. The number of hydrogen-bond acceptors (Lipinski definition) is 5. The maximum absolute atomic E-state index is 13.9. The number of rotatable bonds is 7. The summed E-state index contributed by atoms with van der Waals surface area (Å²) in [7, 11) is 0. The van der Waals surface area contributed by atoms with Crippen LogP contribution in [0.15, 0.2) is 30.3 Å². The molecule has 3 aliphatic rings. The van der Waals surface area contributed by atoms with Crippen molar-refractivity contribution in [1.82, 2.24) is 25.0 Å². The standard InChI is InChI=1S/C27H31N5O2S/c1-4-32-21(11-16(3)30-32)25(33)28-13-22-20-12-19(20)14-31(22)27(34)23-24(18-7-5-6-15(2)10-18)35-26(29-23)17-8-9-17/h5-7,10-11,17,19-20,22H,4,8-9,12-14H2,1-3H3,(H,28,33)/t19-,20-,22+/m0/s1. The molecule has 2 aromatic heterocycles. The number of carbonyl (C=O) groups is 2. The number of benzene rings is 1. The van der Waals surface area contributed by atoms with E-state index < -0.39 is 0 Å². The number of aromatic nitrogens is 3. The average molecular weight is 490 g/mol. The molecule has 3 aromatic rings. The number of nitrogens with zero attached hydrogens (tertiary/aromatic N) is 4. The molecule has 0 spiro atoms. The van der Waals surface area contributed by atoms with Crippen LogP contribution in [0.25, 0.3) is 10.4 Å². The highest BCUT2D eigenvalue weighted by Crippen LogP contribution is 2.50. The van der Waals surface area contributed by atoms with E-state index in [0.717, 1.165) is 46.9 Å². The quantitative estimate of drug-likeness (QED) is 0.533. The second-order valence-electron chi connectivity index (χ2n) is 10.3. The van der Waals surface area contributed by atoms with E-state index in [4.69, 9.17) is 4.98 Å². The van der Waals surface area contributed by atoms with Crippen LogP contribution in [0.5, 0.6) is 0 Å². The lowest BCUT2D eigenvalue weighted by atomic mass is 10.1. The molecule has 3 heterocycles. The Morgan fingerprint density at radius 2 is 2.03 bits per heavy atom. The zero-order chi connectivity index (χ0) is 24.3. The Morgan fingerprint density at radius 1 is 1.20 bits per heavy atom. The Labute approximate surface area is 209 Å². The highest BCUT2D eigenvalue weighted by molar-refractivity contribution is 7.15. The first-order chi connectivity index (χ1) is 16.9. The molecule has 0 bridgehead atoms. The number of aryl methyl sites for hydroxylation is 3. The minimum Gasteiger partial charge on any atom is -0.349 e. The second kappa shape index (κ2) is 8.59. The summed E-state index contributed by atoms with van der Waals surface area (Å²) in [5.41, 5.74) is 4.22. The Hall–Kier alpha value is -3.00. The molecule has 1 saturated heterocycles. The van der Waals surface area contributed by atoms with Crippen LogP contribution in [0.2, 0.25) is 0 Å². The monoisotopic (exact) mass is 489 g/mol. The molecule has 3 fully saturated rings. The molecule has 6 rings (SSSR count). The van der Waals surface area contributed by atoms with Crippen molar-refractivity contribution in [2.24, 2.45) is 11.8 Å². The van der Waals surface area contributed by atoms with Gasteiger partial charge in [0.1, 0.15) is 11.4 Å². The highest BCUT2D eigenvalue weighted by atomic mass is 32.1. The van der Waals surface area contributed by atoms with Crippen molar-refractivity contribution >= 4 is 23.2 Å². The lowest BCUT2D eigenvalue weighted by molar-refractivity contribution is 0.0689. The number of carbonyl (C=O) groups excluding carboxylic acids is 2. The van der Waals surface area contributed by atoms with Gasteiger partial charge in [0.25, 0.3) is 11.8 Å². The third kappa shape index (κ3) is 4.18. The number of nitrogens with one attached hydrogen (secondary N) is 1. The summed E-state index contributed by atoms with van der Waals surface area (Å²) < 4.78 is 1.73. The van der Waals surface area contributed by atoms with Gasteiger partial charge in [0.2, 0.25) is 0 Å². The van der Waals surface area contributed by atoms with Crippen LogP contribution >= 0.6 is 11.3 Å². The summed E-state index contributed by atoms with van der Waals surface area (Å²) in [5, 5.41) is 8.57. The molecule has 7 nitrogen and oxygen atoms in total. The van der Waals surface area contributed by atoms with E-state index in [0.29, 0.717) is 42.2 Å². The van der Waals surface area contributed by atoms with Crippen molar-refractivity contribution in [3.05, 3.63) is 58.0 Å². The lowest BCUT2D eigenvalue weighted by Crippen LogP contribution is -2.46. The van der Waals surface area contributed by atoms with E-state index >= 15 is 0 Å². The first kappa shape index (κ1) is 22.5. The zero-order valence-corrected chi connectivity index (χ0v) is 21.3. The molecular weight excluding hydrogens is 458 g/mol. The molecule has 1 aliphatic heterocycles. The molecule has 3 atom stereocenters. The highest BCUT2D eigenvalue weighted by Gasteiger charge is 2.54. The molecule has 0 radical (unpaired) electrons. The average Bonchev–Trinajstić information content (AvgIpc) is 3.73. The van der Waals surface area contributed by atoms with Crippen LogP contribution in [-0.2, 0) is 6.54 Å². The molecule has 8 heteroatoms. The third-order valence-electron chi connectivity index (χ3n) is 7.52. The summed E-state index contributed by atoms with van der Waals surface area (Å²) in [5.74, 6) is 1.37.